The smallest absolute Gasteiger partial charge is 0.339 e. The molecule has 0 radical (unpaired) electrons. The Kier molecular flexibility index (Phi) is 3.90. The zero-order valence-electron chi connectivity index (χ0n) is 9.78. The van der Waals surface area contributed by atoms with Gasteiger partial charge in [-0.25, -0.2) is 4.79 Å². The first-order valence-electron chi connectivity index (χ1n) is 5.07. The molecular weight excluding hydrogens is 206 g/mol. The van der Waals surface area contributed by atoms with Crippen LogP contribution in [0.1, 0.15) is 24.2 Å². The van der Waals surface area contributed by atoms with E-state index in [1.54, 1.807) is 32.0 Å². The van der Waals surface area contributed by atoms with Crippen LogP contribution >= 0.6 is 0 Å². The van der Waals surface area contributed by atoms with Crippen LogP contribution in [-0.4, -0.2) is 30.3 Å². The molecule has 1 aromatic rings. The second kappa shape index (κ2) is 4.99. The van der Waals surface area contributed by atoms with Crippen molar-refractivity contribution in [2.24, 2.45) is 0 Å². The van der Waals surface area contributed by atoms with Crippen LogP contribution < -0.4 is 5.32 Å². The minimum Gasteiger partial charge on any atom is -0.465 e. The Labute approximate surface area is 95.2 Å². The summed E-state index contributed by atoms with van der Waals surface area (Å²) in [5, 5.41) is 12.6. The fraction of sp³-hybridized carbons (Fsp3) is 0.417. The third-order valence-electron chi connectivity index (χ3n) is 2.04. The van der Waals surface area contributed by atoms with E-state index in [4.69, 9.17) is 0 Å². The number of benzene rings is 1. The zero-order valence-corrected chi connectivity index (χ0v) is 9.78. The normalized spacial score (nSPS) is 11.0. The van der Waals surface area contributed by atoms with Crippen molar-refractivity contribution in [2.75, 3.05) is 19.0 Å². The average Bonchev–Trinajstić information content (AvgIpc) is 2.25. The number of anilines is 1. The van der Waals surface area contributed by atoms with Gasteiger partial charge in [-0.15, -0.1) is 0 Å². The van der Waals surface area contributed by atoms with Gasteiger partial charge >= 0.3 is 5.97 Å². The van der Waals surface area contributed by atoms with Gasteiger partial charge in [0.15, 0.2) is 0 Å². The van der Waals surface area contributed by atoms with E-state index >= 15 is 0 Å². The number of hydrogen-bond acceptors (Lipinski definition) is 4. The molecule has 0 aromatic heterocycles. The molecule has 0 fully saturated rings. The van der Waals surface area contributed by atoms with E-state index in [1.807, 2.05) is 6.07 Å². The molecule has 0 spiro atoms. The molecule has 0 atom stereocenters. The Morgan fingerprint density at radius 2 is 2.06 bits per heavy atom. The number of carbonyl (C=O) groups excluding carboxylic acids is 1. The molecular formula is C12H17NO3. The molecule has 0 bridgehead atoms. The fourth-order valence-corrected chi connectivity index (χ4v) is 1.24. The number of carbonyl (C=O) groups is 1. The van der Waals surface area contributed by atoms with Crippen LogP contribution in [0, 0.1) is 0 Å². The van der Waals surface area contributed by atoms with Crippen molar-refractivity contribution in [3.63, 3.8) is 0 Å². The second-order valence-electron chi connectivity index (χ2n) is 4.20. The molecule has 4 heteroatoms. The quantitative estimate of drug-likeness (QED) is 0.762. The summed E-state index contributed by atoms with van der Waals surface area (Å²) in [6.45, 7) is 3.75. The van der Waals surface area contributed by atoms with Crippen molar-refractivity contribution < 1.29 is 14.6 Å². The van der Waals surface area contributed by atoms with Crippen molar-refractivity contribution in [3.05, 3.63) is 29.8 Å². The number of esters is 1. The third-order valence-corrected chi connectivity index (χ3v) is 2.04. The summed E-state index contributed by atoms with van der Waals surface area (Å²) < 4.78 is 4.67. The van der Waals surface area contributed by atoms with Crippen LogP contribution in [-0.2, 0) is 4.74 Å². The lowest BCUT2D eigenvalue weighted by Crippen LogP contribution is -2.29. The van der Waals surface area contributed by atoms with Gasteiger partial charge in [-0.1, -0.05) is 12.1 Å². The highest BCUT2D eigenvalue weighted by molar-refractivity contribution is 5.95. The standard InChI is InChI=1S/C12H17NO3/c1-12(2,15)8-13-10-7-5-4-6-9(10)11(14)16-3/h4-7,13,15H,8H2,1-3H3. The van der Waals surface area contributed by atoms with E-state index in [-0.39, 0.29) is 5.97 Å². The van der Waals surface area contributed by atoms with Gasteiger partial charge in [0, 0.05) is 12.2 Å². The van der Waals surface area contributed by atoms with E-state index in [1.165, 1.54) is 7.11 Å². The summed E-state index contributed by atoms with van der Waals surface area (Å²) in [5.74, 6) is -0.390. The van der Waals surface area contributed by atoms with Gasteiger partial charge in [0.1, 0.15) is 0 Å². The van der Waals surface area contributed by atoms with Crippen molar-refractivity contribution in [3.8, 4) is 0 Å². The summed E-state index contributed by atoms with van der Waals surface area (Å²) in [5.41, 5.74) is 0.300. The van der Waals surface area contributed by atoms with Crippen LogP contribution in [0.2, 0.25) is 0 Å². The van der Waals surface area contributed by atoms with Gasteiger partial charge in [0.2, 0.25) is 0 Å². The maximum atomic E-state index is 11.4. The van der Waals surface area contributed by atoms with E-state index in [2.05, 4.69) is 10.1 Å². The highest BCUT2D eigenvalue weighted by Crippen LogP contribution is 2.16. The maximum absolute atomic E-state index is 11.4. The molecule has 0 aliphatic carbocycles. The number of aliphatic hydroxyl groups is 1. The van der Waals surface area contributed by atoms with E-state index in [9.17, 15) is 9.90 Å². The summed E-state index contributed by atoms with van der Waals surface area (Å²) in [4.78, 5) is 11.4. The first-order chi connectivity index (χ1) is 7.44. The van der Waals surface area contributed by atoms with E-state index in [0.29, 0.717) is 17.8 Å². The van der Waals surface area contributed by atoms with E-state index in [0.717, 1.165) is 0 Å². The second-order valence-corrected chi connectivity index (χ2v) is 4.20. The third kappa shape index (κ3) is 3.55. The summed E-state index contributed by atoms with van der Waals surface area (Å²) >= 11 is 0. The molecule has 0 heterocycles. The average molecular weight is 223 g/mol. The van der Waals surface area contributed by atoms with Crippen molar-refractivity contribution in [1.82, 2.24) is 0 Å². The van der Waals surface area contributed by atoms with Crippen LogP contribution in [0.15, 0.2) is 24.3 Å². The molecule has 0 saturated heterocycles. The molecule has 88 valence electrons. The molecule has 0 aliphatic heterocycles. The summed E-state index contributed by atoms with van der Waals surface area (Å²) in [6.07, 6.45) is 0. The van der Waals surface area contributed by atoms with Gasteiger partial charge in [-0.2, -0.15) is 0 Å². The van der Waals surface area contributed by atoms with Crippen LogP contribution in [0.3, 0.4) is 0 Å². The number of para-hydroxylation sites is 1. The number of hydrogen-bond donors (Lipinski definition) is 2. The maximum Gasteiger partial charge on any atom is 0.339 e. The molecule has 1 rings (SSSR count). The molecule has 1 aromatic carbocycles. The molecule has 4 nitrogen and oxygen atoms in total. The Morgan fingerprint density at radius 3 is 2.62 bits per heavy atom. The van der Waals surface area contributed by atoms with Crippen LogP contribution in [0.4, 0.5) is 5.69 Å². The molecule has 2 N–H and O–H groups in total. The predicted octanol–water partition coefficient (Wildman–Crippen LogP) is 1.66. The lowest BCUT2D eigenvalue weighted by molar-refractivity contribution is 0.0600. The topological polar surface area (TPSA) is 58.6 Å². The minimum absolute atomic E-state index is 0.362. The van der Waals surface area contributed by atoms with Crippen molar-refractivity contribution in [2.45, 2.75) is 19.4 Å². The number of methoxy groups -OCH3 is 1. The summed E-state index contributed by atoms with van der Waals surface area (Å²) in [6, 6.07) is 7.04. The molecule has 16 heavy (non-hydrogen) atoms. The monoisotopic (exact) mass is 223 g/mol. The largest absolute Gasteiger partial charge is 0.465 e. The van der Waals surface area contributed by atoms with E-state index < -0.39 is 5.60 Å². The Hall–Kier alpha value is -1.55. The summed E-state index contributed by atoms with van der Waals surface area (Å²) in [7, 11) is 1.34. The van der Waals surface area contributed by atoms with Gasteiger partial charge in [0.25, 0.3) is 0 Å². The number of ether oxygens (including phenoxy) is 1. The molecule has 0 unspecified atom stereocenters. The molecule has 0 saturated carbocycles. The SMILES string of the molecule is COC(=O)c1ccccc1NCC(C)(C)O. The van der Waals surface area contributed by atoms with Gasteiger partial charge in [-0.05, 0) is 26.0 Å². The Bertz CT molecular complexity index is 369. The zero-order chi connectivity index (χ0) is 12.2. The number of rotatable bonds is 4. The Morgan fingerprint density at radius 1 is 1.44 bits per heavy atom. The van der Waals surface area contributed by atoms with Gasteiger partial charge in [0.05, 0.1) is 18.3 Å². The Balaban J connectivity index is 2.83. The first-order valence-corrected chi connectivity index (χ1v) is 5.07. The highest BCUT2D eigenvalue weighted by Gasteiger charge is 2.15. The van der Waals surface area contributed by atoms with Crippen molar-refractivity contribution >= 4 is 11.7 Å². The minimum atomic E-state index is -0.830. The lowest BCUT2D eigenvalue weighted by atomic mass is 10.1. The highest BCUT2D eigenvalue weighted by atomic mass is 16.5. The first kappa shape index (κ1) is 12.5. The molecule has 0 aliphatic rings. The van der Waals surface area contributed by atoms with Crippen LogP contribution in [0.5, 0.6) is 0 Å². The van der Waals surface area contributed by atoms with Crippen molar-refractivity contribution in [1.29, 1.82) is 0 Å². The molecule has 0 amide bonds. The van der Waals surface area contributed by atoms with Gasteiger partial charge < -0.3 is 15.2 Å². The van der Waals surface area contributed by atoms with Crippen LogP contribution in [0.25, 0.3) is 0 Å². The van der Waals surface area contributed by atoms with Gasteiger partial charge in [-0.3, -0.25) is 0 Å². The number of nitrogens with one attached hydrogen (secondary N) is 1. The lowest BCUT2D eigenvalue weighted by Gasteiger charge is -2.19. The predicted molar refractivity (Wildman–Crippen MR) is 62.6 cm³/mol. The fourth-order valence-electron chi connectivity index (χ4n) is 1.24.